The summed E-state index contributed by atoms with van der Waals surface area (Å²) in [4.78, 5) is 15.4. The maximum Gasteiger partial charge on any atom is 0.274 e. The Bertz CT molecular complexity index is 875. The number of rotatable bonds is 2. The van der Waals surface area contributed by atoms with Gasteiger partial charge >= 0.3 is 0 Å². The summed E-state index contributed by atoms with van der Waals surface area (Å²) in [5.41, 5.74) is 11.6. The molecule has 0 radical (unpaired) electrons. The molecule has 3 aliphatic rings. The highest BCUT2D eigenvalue weighted by molar-refractivity contribution is 5.94. The van der Waals surface area contributed by atoms with E-state index in [1.54, 1.807) is 0 Å². The number of carbonyl (C=O) groups excluding carboxylic acids is 1. The highest BCUT2D eigenvalue weighted by Crippen LogP contribution is 2.38. The summed E-state index contributed by atoms with van der Waals surface area (Å²) in [6.07, 6.45) is 6.53. The SMILES string of the molecule is Cc1ccc(-n2nc(C(=O)N3CC4CCC(N)C4C3)c3c2CCCC3)cc1.Cl. The molecule has 0 spiro atoms. The van der Waals surface area contributed by atoms with Crippen LogP contribution in [0.4, 0.5) is 0 Å². The van der Waals surface area contributed by atoms with Gasteiger partial charge in [-0.25, -0.2) is 4.68 Å². The summed E-state index contributed by atoms with van der Waals surface area (Å²) in [5, 5.41) is 4.84. The average molecular weight is 401 g/mol. The van der Waals surface area contributed by atoms with E-state index in [1.165, 1.54) is 23.2 Å². The van der Waals surface area contributed by atoms with Crippen molar-refractivity contribution in [3.63, 3.8) is 0 Å². The van der Waals surface area contributed by atoms with E-state index in [-0.39, 0.29) is 24.4 Å². The van der Waals surface area contributed by atoms with Crippen LogP contribution in [0.3, 0.4) is 0 Å². The molecular weight excluding hydrogens is 372 g/mol. The first-order valence-corrected chi connectivity index (χ1v) is 10.3. The van der Waals surface area contributed by atoms with E-state index < -0.39 is 0 Å². The lowest BCUT2D eigenvalue weighted by molar-refractivity contribution is 0.0772. The Morgan fingerprint density at radius 3 is 2.61 bits per heavy atom. The smallest absolute Gasteiger partial charge is 0.274 e. The van der Waals surface area contributed by atoms with Crippen LogP contribution in [-0.2, 0) is 12.8 Å². The van der Waals surface area contributed by atoms with Crippen LogP contribution in [-0.4, -0.2) is 39.7 Å². The number of aromatic nitrogens is 2. The van der Waals surface area contributed by atoms with Crippen molar-refractivity contribution in [3.8, 4) is 5.69 Å². The predicted molar refractivity (Wildman–Crippen MR) is 112 cm³/mol. The molecule has 0 bridgehead atoms. The van der Waals surface area contributed by atoms with E-state index >= 15 is 0 Å². The third-order valence-electron chi connectivity index (χ3n) is 6.86. The zero-order valence-electron chi connectivity index (χ0n) is 16.4. The molecule has 2 aromatic rings. The fraction of sp³-hybridized carbons (Fsp3) is 0.545. The minimum atomic E-state index is 0. The number of amides is 1. The molecule has 1 saturated heterocycles. The molecule has 1 saturated carbocycles. The van der Waals surface area contributed by atoms with Gasteiger partial charge in [0.1, 0.15) is 0 Å². The van der Waals surface area contributed by atoms with Crippen LogP contribution < -0.4 is 5.73 Å². The van der Waals surface area contributed by atoms with Crippen molar-refractivity contribution in [2.24, 2.45) is 17.6 Å². The summed E-state index contributed by atoms with van der Waals surface area (Å²) in [5.74, 6) is 1.17. The van der Waals surface area contributed by atoms with Crippen LogP contribution in [0.15, 0.2) is 24.3 Å². The van der Waals surface area contributed by atoms with Gasteiger partial charge in [0.05, 0.1) is 5.69 Å². The fourth-order valence-electron chi connectivity index (χ4n) is 5.29. The number of hydrogen-bond acceptors (Lipinski definition) is 3. The van der Waals surface area contributed by atoms with Crippen molar-refractivity contribution in [3.05, 3.63) is 46.8 Å². The van der Waals surface area contributed by atoms with Gasteiger partial charge in [-0.1, -0.05) is 17.7 Å². The maximum atomic E-state index is 13.4. The molecule has 28 heavy (non-hydrogen) atoms. The number of halogens is 1. The van der Waals surface area contributed by atoms with Gasteiger partial charge in [0.15, 0.2) is 5.69 Å². The van der Waals surface area contributed by atoms with Crippen molar-refractivity contribution < 1.29 is 4.79 Å². The van der Waals surface area contributed by atoms with Crippen LogP contribution in [0.2, 0.25) is 0 Å². The molecular formula is C22H29ClN4O. The summed E-state index contributed by atoms with van der Waals surface area (Å²) in [6.45, 7) is 3.74. The first-order valence-electron chi connectivity index (χ1n) is 10.3. The van der Waals surface area contributed by atoms with E-state index in [1.807, 2.05) is 9.58 Å². The van der Waals surface area contributed by atoms with Gasteiger partial charge < -0.3 is 10.6 Å². The third kappa shape index (κ3) is 3.15. The molecule has 5 rings (SSSR count). The zero-order chi connectivity index (χ0) is 18.5. The van der Waals surface area contributed by atoms with Gasteiger partial charge in [-0.15, -0.1) is 12.4 Å². The number of fused-ring (bicyclic) bond motifs is 2. The molecule has 1 amide bonds. The Morgan fingerprint density at radius 1 is 1.11 bits per heavy atom. The Morgan fingerprint density at radius 2 is 1.86 bits per heavy atom. The third-order valence-corrected chi connectivity index (χ3v) is 6.86. The summed E-state index contributed by atoms with van der Waals surface area (Å²) in [7, 11) is 0. The van der Waals surface area contributed by atoms with Gasteiger partial charge in [-0.05, 0) is 69.4 Å². The van der Waals surface area contributed by atoms with Crippen LogP contribution in [0, 0.1) is 18.8 Å². The molecule has 2 aliphatic carbocycles. The molecule has 3 unspecified atom stereocenters. The lowest BCUT2D eigenvalue weighted by Crippen LogP contribution is -2.34. The second-order valence-corrected chi connectivity index (χ2v) is 8.60. The largest absolute Gasteiger partial charge is 0.337 e. The molecule has 2 fully saturated rings. The molecule has 6 heteroatoms. The van der Waals surface area contributed by atoms with E-state index in [2.05, 4.69) is 31.2 Å². The van der Waals surface area contributed by atoms with Gasteiger partial charge in [0.2, 0.25) is 0 Å². The molecule has 1 aromatic carbocycles. The van der Waals surface area contributed by atoms with Gasteiger partial charge in [0.25, 0.3) is 5.91 Å². The highest BCUT2D eigenvalue weighted by Gasteiger charge is 2.43. The zero-order valence-corrected chi connectivity index (χ0v) is 17.3. The number of aryl methyl sites for hydroxylation is 1. The van der Waals surface area contributed by atoms with Gasteiger partial charge in [0, 0.05) is 30.4 Å². The normalized spacial score (nSPS) is 25.9. The van der Waals surface area contributed by atoms with Crippen LogP contribution in [0.25, 0.3) is 5.69 Å². The minimum absolute atomic E-state index is 0. The fourth-order valence-corrected chi connectivity index (χ4v) is 5.29. The van der Waals surface area contributed by atoms with E-state index in [0.29, 0.717) is 17.5 Å². The van der Waals surface area contributed by atoms with Crippen LogP contribution in [0.1, 0.15) is 53.0 Å². The molecule has 2 N–H and O–H groups in total. The summed E-state index contributed by atoms with van der Waals surface area (Å²) < 4.78 is 2.02. The minimum Gasteiger partial charge on any atom is -0.337 e. The Kier molecular flexibility index (Phi) is 5.23. The number of carbonyl (C=O) groups is 1. The Labute approximate surface area is 172 Å². The lowest BCUT2D eigenvalue weighted by atomic mass is 9.95. The standard InChI is InChI=1S/C22H28N4O.ClH/c1-14-6-9-16(10-7-14)26-20-5-3-2-4-17(20)21(24-26)22(27)25-12-15-8-11-19(23)18(15)13-25;/h6-7,9-10,15,18-19H,2-5,8,11-13,23H2,1H3;1H. The van der Waals surface area contributed by atoms with Crippen molar-refractivity contribution in [1.82, 2.24) is 14.7 Å². The molecule has 2 heterocycles. The highest BCUT2D eigenvalue weighted by atomic mass is 35.5. The second-order valence-electron chi connectivity index (χ2n) is 8.60. The Hall–Kier alpha value is -1.85. The quantitative estimate of drug-likeness (QED) is 0.841. The number of nitrogens with zero attached hydrogens (tertiary/aromatic N) is 3. The first-order chi connectivity index (χ1) is 13.1. The van der Waals surface area contributed by atoms with Gasteiger partial charge in [-0.2, -0.15) is 5.10 Å². The van der Waals surface area contributed by atoms with Crippen molar-refractivity contribution in [2.45, 2.75) is 51.5 Å². The molecule has 5 nitrogen and oxygen atoms in total. The van der Waals surface area contributed by atoms with E-state index in [0.717, 1.165) is 50.9 Å². The second kappa shape index (κ2) is 7.53. The van der Waals surface area contributed by atoms with E-state index in [9.17, 15) is 4.79 Å². The number of likely N-dealkylation sites (tertiary alicyclic amines) is 1. The molecule has 1 aliphatic heterocycles. The van der Waals surface area contributed by atoms with Crippen LogP contribution >= 0.6 is 12.4 Å². The topological polar surface area (TPSA) is 64.2 Å². The summed E-state index contributed by atoms with van der Waals surface area (Å²) >= 11 is 0. The Balaban J connectivity index is 0.00000192. The van der Waals surface area contributed by atoms with Crippen molar-refractivity contribution in [1.29, 1.82) is 0 Å². The summed E-state index contributed by atoms with van der Waals surface area (Å²) in [6, 6.07) is 8.68. The molecule has 150 valence electrons. The number of nitrogens with two attached hydrogens (primary N) is 1. The maximum absolute atomic E-state index is 13.4. The number of hydrogen-bond donors (Lipinski definition) is 1. The average Bonchev–Trinajstić information content (AvgIpc) is 3.36. The lowest BCUT2D eigenvalue weighted by Gasteiger charge is -2.19. The first kappa shape index (κ1) is 19.5. The molecule has 3 atom stereocenters. The molecule has 1 aromatic heterocycles. The number of benzene rings is 1. The van der Waals surface area contributed by atoms with E-state index in [4.69, 9.17) is 10.8 Å². The van der Waals surface area contributed by atoms with Crippen LogP contribution in [0.5, 0.6) is 0 Å². The van der Waals surface area contributed by atoms with Gasteiger partial charge in [-0.3, -0.25) is 4.79 Å². The predicted octanol–water partition coefficient (Wildman–Crippen LogP) is 3.29. The van der Waals surface area contributed by atoms with Crippen molar-refractivity contribution in [2.75, 3.05) is 13.1 Å². The van der Waals surface area contributed by atoms with Crippen molar-refractivity contribution >= 4 is 18.3 Å². The monoisotopic (exact) mass is 400 g/mol.